The third-order valence-corrected chi connectivity index (χ3v) is 3.17. The van der Waals surface area contributed by atoms with Gasteiger partial charge in [0.2, 0.25) is 0 Å². The molecule has 0 saturated carbocycles. The highest BCUT2D eigenvalue weighted by molar-refractivity contribution is 5.73. The van der Waals surface area contributed by atoms with Gasteiger partial charge in [0, 0.05) is 6.54 Å². The van der Waals surface area contributed by atoms with E-state index in [1.54, 1.807) is 11.0 Å². The highest BCUT2D eigenvalue weighted by atomic mass is 19.4. The summed E-state index contributed by atoms with van der Waals surface area (Å²) in [4.78, 5) is 12.8. The van der Waals surface area contributed by atoms with Crippen LogP contribution in [-0.4, -0.2) is 34.9 Å². The molecule has 1 unspecified atom stereocenters. The third kappa shape index (κ3) is 3.86. The number of ether oxygens (including phenoxy) is 1. The SMILES string of the molecule is O=C(O)C1CCCN1Cc1cccc(OC(F)(F)F)c1. The van der Waals surface area contributed by atoms with E-state index < -0.39 is 18.4 Å². The first-order valence-corrected chi connectivity index (χ1v) is 6.17. The lowest BCUT2D eigenvalue weighted by Gasteiger charge is -2.21. The van der Waals surface area contributed by atoms with Crippen LogP contribution in [0.3, 0.4) is 0 Å². The smallest absolute Gasteiger partial charge is 0.480 e. The van der Waals surface area contributed by atoms with Crippen molar-refractivity contribution in [1.82, 2.24) is 4.90 Å². The Labute approximate surface area is 113 Å². The van der Waals surface area contributed by atoms with E-state index >= 15 is 0 Å². The minimum Gasteiger partial charge on any atom is -0.480 e. The van der Waals surface area contributed by atoms with Crippen molar-refractivity contribution >= 4 is 5.97 Å². The lowest BCUT2D eigenvalue weighted by atomic mass is 10.1. The highest BCUT2D eigenvalue weighted by Crippen LogP contribution is 2.25. The third-order valence-electron chi connectivity index (χ3n) is 3.17. The maximum absolute atomic E-state index is 12.1. The van der Waals surface area contributed by atoms with Gasteiger partial charge in [0.1, 0.15) is 11.8 Å². The molecule has 1 aromatic rings. The summed E-state index contributed by atoms with van der Waals surface area (Å²) >= 11 is 0. The van der Waals surface area contributed by atoms with E-state index in [4.69, 9.17) is 5.11 Å². The van der Waals surface area contributed by atoms with Crippen molar-refractivity contribution in [1.29, 1.82) is 0 Å². The number of benzene rings is 1. The van der Waals surface area contributed by atoms with Crippen molar-refractivity contribution < 1.29 is 27.8 Å². The van der Waals surface area contributed by atoms with Crippen molar-refractivity contribution in [3.63, 3.8) is 0 Å². The van der Waals surface area contributed by atoms with Crippen molar-refractivity contribution in [3.05, 3.63) is 29.8 Å². The number of likely N-dealkylation sites (tertiary alicyclic amines) is 1. The van der Waals surface area contributed by atoms with Gasteiger partial charge in [-0.25, -0.2) is 0 Å². The zero-order valence-corrected chi connectivity index (χ0v) is 10.6. The molecule has 0 aliphatic carbocycles. The van der Waals surface area contributed by atoms with E-state index in [0.29, 0.717) is 25.1 Å². The van der Waals surface area contributed by atoms with Gasteiger partial charge in [-0.2, -0.15) is 0 Å². The van der Waals surface area contributed by atoms with Gasteiger partial charge in [0.25, 0.3) is 0 Å². The van der Waals surface area contributed by atoms with E-state index in [9.17, 15) is 18.0 Å². The highest BCUT2D eigenvalue weighted by Gasteiger charge is 2.32. The summed E-state index contributed by atoms with van der Waals surface area (Å²) in [5.74, 6) is -1.19. The zero-order valence-electron chi connectivity index (χ0n) is 10.6. The Morgan fingerprint density at radius 2 is 2.20 bits per heavy atom. The van der Waals surface area contributed by atoms with E-state index in [1.165, 1.54) is 18.2 Å². The minimum absolute atomic E-state index is 0.291. The Kier molecular flexibility index (Phi) is 4.17. The van der Waals surface area contributed by atoms with Gasteiger partial charge < -0.3 is 9.84 Å². The number of nitrogens with zero attached hydrogens (tertiary/aromatic N) is 1. The number of halogens is 3. The number of aliphatic carboxylic acids is 1. The normalized spacial score (nSPS) is 20.1. The Morgan fingerprint density at radius 3 is 2.85 bits per heavy atom. The molecule has 1 atom stereocenters. The molecule has 1 aromatic carbocycles. The van der Waals surface area contributed by atoms with E-state index in [-0.39, 0.29) is 5.75 Å². The molecule has 20 heavy (non-hydrogen) atoms. The lowest BCUT2D eigenvalue weighted by molar-refractivity contribution is -0.274. The Balaban J connectivity index is 2.06. The molecule has 1 saturated heterocycles. The van der Waals surface area contributed by atoms with Gasteiger partial charge in [-0.15, -0.1) is 13.2 Å². The van der Waals surface area contributed by atoms with Crippen LogP contribution in [0.15, 0.2) is 24.3 Å². The fourth-order valence-electron chi connectivity index (χ4n) is 2.37. The molecule has 2 rings (SSSR count). The fourth-order valence-corrected chi connectivity index (χ4v) is 2.37. The number of alkyl halides is 3. The minimum atomic E-state index is -4.73. The molecule has 7 heteroatoms. The Morgan fingerprint density at radius 1 is 1.45 bits per heavy atom. The van der Waals surface area contributed by atoms with Crippen LogP contribution in [0.2, 0.25) is 0 Å². The molecular formula is C13H14F3NO3. The molecule has 0 spiro atoms. The quantitative estimate of drug-likeness (QED) is 0.925. The molecule has 4 nitrogen and oxygen atoms in total. The van der Waals surface area contributed by atoms with Crippen molar-refractivity contribution in [2.24, 2.45) is 0 Å². The average molecular weight is 289 g/mol. The van der Waals surface area contributed by atoms with Crippen molar-refractivity contribution in [2.75, 3.05) is 6.54 Å². The monoisotopic (exact) mass is 289 g/mol. The van der Waals surface area contributed by atoms with E-state index in [0.717, 1.165) is 6.42 Å². The van der Waals surface area contributed by atoms with Crippen LogP contribution in [-0.2, 0) is 11.3 Å². The van der Waals surface area contributed by atoms with Gasteiger partial charge in [-0.3, -0.25) is 9.69 Å². The molecule has 1 heterocycles. The largest absolute Gasteiger partial charge is 0.573 e. The molecular weight excluding hydrogens is 275 g/mol. The summed E-state index contributed by atoms with van der Waals surface area (Å²) in [6.45, 7) is 0.924. The summed E-state index contributed by atoms with van der Waals surface area (Å²) in [6.07, 6.45) is -3.39. The van der Waals surface area contributed by atoms with Crippen molar-refractivity contribution in [3.8, 4) is 5.75 Å². The molecule has 0 radical (unpaired) electrons. The van der Waals surface area contributed by atoms with Crippen LogP contribution >= 0.6 is 0 Å². The summed E-state index contributed by atoms with van der Waals surface area (Å²) in [6, 6.07) is 5.05. The number of carbonyl (C=O) groups is 1. The van der Waals surface area contributed by atoms with Gasteiger partial charge in [-0.05, 0) is 37.1 Å². The van der Waals surface area contributed by atoms with Gasteiger partial charge in [0.15, 0.2) is 0 Å². The number of carboxylic acid groups (broad SMARTS) is 1. The number of carboxylic acids is 1. The first-order chi connectivity index (χ1) is 9.35. The topological polar surface area (TPSA) is 49.8 Å². The van der Waals surface area contributed by atoms with E-state index in [1.807, 2.05) is 0 Å². The summed E-state index contributed by atoms with van der Waals surface area (Å²) in [7, 11) is 0. The standard InChI is InChI=1S/C13H14F3NO3/c14-13(15,16)20-10-4-1-3-9(7-10)8-17-6-2-5-11(17)12(18)19/h1,3-4,7,11H,2,5-6,8H2,(H,18,19). The molecule has 1 fully saturated rings. The first-order valence-electron chi connectivity index (χ1n) is 6.17. The predicted molar refractivity (Wildman–Crippen MR) is 64.2 cm³/mol. The molecule has 1 aliphatic heterocycles. The molecule has 1 aliphatic rings. The van der Waals surface area contributed by atoms with Crippen LogP contribution in [0.1, 0.15) is 18.4 Å². The van der Waals surface area contributed by atoms with Crippen molar-refractivity contribution in [2.45, 2.75) is 31.8 Å². The second kappa shape index (κ2) is 5.70. The van der Waals surface area contributed by atoms with Gasteiger partial charge in [0.05, 0.1) is 0 Å². The molecule has 0 amide bonds. The predicted octanol–water partition coefficient (Wildman–Crippen LogP) is 2.63. The summed E-state index contributed by atoms with van der Waals surface area (Å²) in [5.41, 5.74) is 0.597. The van der Waals surface area contributed by atoms with Crippen LogP contribution in [0.5, 0.6) is 5.75 Å². The fraction of sp³-hybridized carbons (Fsp3) is 0.462. The average Bonchev–Trinajstić information content (AvgIpc) is 2.75. The van der Waals surface area contributed by atoms with Gasteiger partial charge in [-0.1, -0.05) is 12.1 Å². The van der Waals surface area contributed by atoms with Gasteiger partial charge >= 0.3 is 12.3 Å². The zero-order chi connectivity index (χ0) is 14.8. The van der Waals surface area contributed by atoms with Crippen LogP contribution < -0.4 is 4.74 Å². The maximum Gasteiger partial charge on any atom is 0.573 e. The molecule has 110 valence electrons. The number of hydrogen-bond acceptors (Lipinski definition) is 3. The van der Waals surface area contributed by atoms with Crippen LogP contribution in [0.25, 0.3) is 0 Å². The van der Waals surface area contributed by atoms with E-state index in [2.05, 4.69) is 4.74 Å². The second-order valence-corrected chi connectivity index (χ2v) is 4.66. The lowest BCUT2D eigenvalue weighted by Crippen LogP contribution is -2.35. The Hall–Kier alpha value is -1.76. The first kappa shape index (κ1) is 14.6. The second-order valence-electron chi connectivity index (χ2n) is 4.66. The van der Waals surface area contributed by atoms with Crippen LogP contribution in [0.4, 0.5) is 13.2 Å². The number of rotatable bonds is 4. The maximum atomic E-state index is 12.1. The molecule has 1 N–H and O–H groups in total. The number of hydrogen-bond donors (Lipinski definition) is 1. The molecule has 0 aromatic heterocycles. The summed E-state index contributed by atoms with van der Waals surface area (Å²) < 4.78 is 40.3. The summed E-state index contributed by atoms with van der Waals surface area (Å²) in [5, 5.41) is 9.05. The Bertz CT molecular complexity index is 490. The molecule has 0 bridgehead atoms. The van der Waals surface area contributed by atoms with Crippen LogP contribution in [0, 0.1) is 0 Å².